The Morgan fingerprint density at radius 2 is 2.13 bits per heavy atom. The zero-order valence-corrected chi connectivity index (χ0v) is 14.2. The average molecular weight is 320 g/mol. The first-order valence-corrected chi connectivity index (χ1v) is 8.60. The number of piperidine rings is 1. The molecule has 0 bridgehead atoms. The summed E-state index contributed by atoms with van der Waals surface area (Å²) in [7, 11) is 2.08. The number of ether oxygens (including phenoxy) is 2. The van der Waals surface area contributed by atoms with Crippen molar-refractivity contribution in [2.24, 2.45) is 0 Å². The minimum absolute atomic E-state index is 0.00905. The van der Waals surface area contributed by atoms with Gasteiger partial charge < -0.3 is 19.5 Å². The first-order chi connectivity index (χ1) is 11.1. The second-order valence-corrected chi connectivity index (χ2v) is 6.89. The molecule has 2 unspecified atom stereocenters. The van der Waals surface area contributed by atoms with E-state index in [9.17, 15) is 5.11 Å². The summed E-state index contributed by atoms with van der Waals surface area (Å²) in [4.78, 5) is 4.49. The van der Waals surface area contributed by atoms with E-state index in [4.69, 9.17) is 9.47 Å². The van der Waals surface area contributed by atoms with Gasteiger partial charge in [-0.05, 0) is 45.1 Å². The van der Waals surface area contributed by atoms with Gasteiger partial charge in [-0.15, -0.1) is 0 Å². The van der Waals surface area contributed by atoms with E-state index in [1.54, 1.807) is 0 Å². The van der Waals surface area contributed by atoms with E-state index in [-0.39, 0.29) is 6.10 Å². The molecule has 1 saturated heterocycles. The molecule has 2 aliphatic rings. The van der Waals surface area contributed by atoms with Crippen molar-refractivity contribution in [1.29, 1.82) is 0 Å². The van der Waals surface area contributed by atoms with E-state index in [0.717, 1.165) is 50.5 Å². The van der Waals surface area contributed by atoms with Gasteiger partial charge in [0.1, 0.15) is 12.7 Å². The van der Waals surface area contributed by atoms with E-state index >= 15 is 0 Å². The lowest BCUT2D eigenvalue weighted by Gasteiger charge is -2.41. The molecule has 5 nitrogen and oxygen atoms in total. The highest BCUT2D eigenvalue weighted by Gasteiger charge is 2.34. The standard InChI is InChI=1S/C18H28N2O3/c1-3-20(14-18(21)9-6-10-19(2)13-18)11-15-12-22-16-7-4-5-8-17(16)23-15/h4-5,7-8,15,21H,3,6,9-14H2,1-2H3. The van der Waals surface area contributed by atoms with Gasteiger partial charge in [0, 0.05) is 19.6 Å². The minimum Gasteiger partial charge on any atom is -0.486 e. The number of nitrogens with zero attached hydrogens (tertiary/aromatic N) is 2. The number of likely N-dealkylation sites (tertiary alicyclic amines) is 1. The van der Waals surface area contributed by atoms with Gasteiger partial charge in [-0.2, -0.15) is 0 Å². The molecule has 23 heavy (non-hydrogen) atoms. The maximum absolute atomic E-state index is 10.9. The molecule has 0 aliphatic carbocycles. The highest BCUT2D eigenvalue weighted by molar-refractivity contribution is 5.40. The lowest BCUT2D eigenvalue weighted by Crippen LogP contribution is -2.55. The second-order valence-electron chi connectivity index (χ2n) is 6.89. The van der Waals surface area contributed by atoms with Crippen LogP contribution >= 0.6 is 0 Å². The monoisotopic (exact) mass is 320 g/mol. The number of hydrogen-bond acceptors (Lipinski definition) is 5. The quantitative estimate of drug-likeness (QED) is 0.893. The Balaban J connectivity index is 1.58. The third-order valence-electron chi connectivity index (χ3n) is 4.74. The molecule has 2 aliphatic heterocycles. The molecule has 1 fully saturated rings. The summed E-state index contributed by atoms with van der Waals surface area (Å²) in [6.45, 7) is 6.87. The van der Waals surface area contributed by atoms with E-state index in [2.05, 4.69) is 23.8 Å². The van der Waals surface area contributed by atoms with Crippen molar-refractivity contribution >= 4 is 0 Å². The maximum atomic E-state index is 10.9. The van der Waals surface area contributed by atoms with E-state index in [1.165, 1.54) is 0 Å². The van der Waals surface area contributed by atoms with Crippen LogP contribution in [0.2, 0.25) is 0 Å². The van der Waals surface area contributed by atoms with Gasteiger partial charge in [0.15, 0.2) is 11.5 Å². The third kappa shape index (κ3) is 4.16. The van der Waals surface area contributed by atoms with Gasteiger partial charge in [0.05, 0.1) is 5.60 Å². The molecule has 128 valence electrons. The highest BCUT2D eigenvalue weighted by Crippen LogP contribution is 2.31. The Morgan fingerprint density at radius 1 is 1.35 bits per heavy atom. The Morgan fingerprint density at radius 3 is 2.87 bits per heavy atom. The Labute approximate surface area is 138 Å². The van der Waals surface area contributed by atoms with Crippen molar-refractivity contribution in [3.63, 3.8) is 0 Å². The van der Waals surface area contributed by atoms with Gasteiger partial charge in [-0.25, -0.2) is 0 Å². The zero-order chi connectivity index (χ0) is 16.3. The summed E-state index contributed by atoms with van der Waals surface area (Å²) in [5.74, 6) is 1.63. The minimum atomic E-state index is -0.615. The number of benzene rings is 1. The normalized spacial score (nSPS) is 28.1. The molecule has 0 saturated carbocycles. The molecular formula is C18H28N2O3. The number of likely N-dealkylation sites (N-methyl/N-ethyl adjacent to an activating group) is 2. The van der Waals surface area contributed by atoms with Gasteiger partial charge >= 0.3 is 0 Å². The Kier molecular flexibility index (Phi) is 5.09. The van der Waals surface area contributed by atoms with Crippen LogP contribution < -0.4 is 9.47 Å². The van der Waals surface area contributed by atoms with Crippen molar-refractivity contribution in [1.82, 2.24) is 9.80 Å². The average Bonchev–Trinajstić information content (AvgIpc) is 2.53. The Hall–Kier alpha value is -1.30. The summed E-state index contributed by atoms with van der Waals surface area (Å²) >= 11 is 0. The molecule has 1 N–H and O–H groups in total. The molecule has 0 aromatic heterocycles. The fraction of sp³-hybridized carbons (Fsp3) is 0.667. The largest absolute Gasteiger partial charge is 0.486 e. The first-order valence-electron chi connectivity index (χ1n) is 8.60. The van der Waals surface area contributed by atoms with Crippen molar-refractivity contribution in [2.75, 3.05) is 46.4 Å². The van der Waals surface area contributed by atoms with Crippen molar-refractivity contribution < 1.29 is 14.6 Å². The summed E-state index contributed by atoms with van der Waals surface area (Å²) in [5, 5.41) is 10.9. The lowest BCUT2D eigenvalue weighted by atomic mass is 9.92. The summed E-state index contributed by atoms with van der Waals surface area (Å²) in [6, 6.07) is 7.80. The zero-order valence-electron chi connectivity index (χ0n) is 14.2. The molecule has 1 aromatic carbocycles. The SMILES string of the molecule is CCN(CC1COc2ccccc2O1)CC1(O)CCCN(C)C1. The molecule has 0 amide bonds. The van der Waals surface area contributed by atoms with Crippen LogP contribution in [0.1, 0.15) is 19.8 Å². The number of rotatable bonds is 5. The van der Waals surface area contributed by atoms with Gasteiger partial charge in [-0.3, -0.25) is 4.90 Å². The maximum Gasteiger partial charge on any atom is 0.161 e. The predicted molar refractivity (Wildman–Crippen MR) is 90.1 cm³/mol. The van der Waals surface area contributed by atoms with Crippen molar-refractivity contribution in [2.45, 2.75) is 31.5 Å². The van der Waals surface area contributed by atoms with Gasteiger partial charge in [0.2, 0.25) is 0 Å². The molecule has 2 heterocycles. The predicted octanol–water partition coefficient (Wildman–Crippen LogP) is 1.60. The van der Waals surface area contributed by atoms with Crippen molar-refractivity contribution in [3.8, 4) is 11.5 Å². The van der Waals surface area contributed by atoms with Crippen LogP contribution in [0, 0.1) is 0 Å². The number of fused-ring (bicyclic) bond motifs is 1. The van der Waals surface area contributed by atoms with Crippen LogP contribution in [0.4, 0.5) is 0 Å². The van der Waals surface area contributed by atoms with Crippen LogP contribution in [-0.2, 0) is 0 Å². The lowest BCUT2D eigenvalue weighted by molar-refractivity contribution is -0.0540. The van der Waals surface area contributed by atoms with Crippen molar-refractivity contribution in [3.05, 3.63) is 24.3 Å². The third-order valence-corrected chi connectivity index (χ3v) is 4.74. The van der Waals surface area contributed by atoms with E-state index in [1.807, 2.05) is 24.3 Å². The van der Waals surface area contributed by atoms with Gasteiger partial charge in [0.25, 0.3) is 0 Å². The highest BCUT2D eigenvalue weighted by atomic mass is 16.6. The smallest absolute Gasteiger partial charge is 0.161 e. The molecule has 1 aromatic rings. The van der Waals surface area contributed by atoms with Crippen LogP contribution in [0.15, 0.2) is 24.3 Å². The van der Waals surface area contributed by atoms with Crippen LogP contribution in [0.5, 0.6) is 11.5 Å². The number of hydrogen-bond donors (Lipinski definition) is 1. The molecule has 0 radical (unpaired) electrons. The van der Waals surface area contributed by atoms with E-state index in [0.29, 0.717) is 13.2 Å². The molecule has 5 heteroatoms. The van der Waals surface area contributed by atoms with E-state index < -0.39 is 5.60 Å². The molecular weight excluding hydrogens is 292 g/mol. The molecule has 2 atom stereocenters. The summed E-state index contributed by atoms with van der Waals surface area (Å²) < 4.78 is 11.8. The fourth-order valence-corrected chi connectivity index (χ4v) is 3.63. The Bertz CT molecular complexity index is 525. The number of β-amino-alcohol motifs (C(OH)–C–C–N with tert-alkyl or cyclic N) is 1. The molecule has 0 spiro atoms. The first kappa shape index (κ1) is 16.6. The number of aliphatic hydroxyl groups is 1. The van der Waals surface area contributed by atoms with Crippen LogP contribution in [0.25, 0.3) is 0 Å². The number of para-hydroxylation sites is 2. The van der Waals surface area contributed by atoms with Crippen LogP contribution in [-0.4, -0.2) is 73.0 Å². The summed E-state index contributed by atoms with van der Waals surface area (Å²) in [6.07, 6.45) is 1.94. The molecule has 3 rings (SSSR count). The van der Waals surface area contributed by atoms with Gasteiger partial charge in [-0.1, -0.05) is 19.1 Å². The topological polar surface area (TPSA) is 45.2 Å². The second kappa shape index (κ2) is 7.07. The summed E-state index contributed by atoms with van der Waals surface area (Å²) in [5.41, 5.74) is -0.615. The van der Waals surface area contributed by atoms with Crippen LogP contribution in [0.3, 0.4) is 0 Å². The fourth-order valence-electron chi connectivity index (χ4n) is 3.63.